The molecule has 0 atom stereocenters. The van der Waals surface area contributed by atoms with Gasteiger partial charge in [-0.3, -0.25) is 4.79 Å². The largest absolute Gasteiger partial charge is 0.342 e. The number of amides is 1. The van der Waals surface area contributed by atoms with Gasteiger partial charge >= 0.3 is 0 Å². The Labute approximate surface area is 133 Å². The molecular weight excluding hydrogens is 340 g/mol. The van der Waals surface area contributed by atoms with Crippen molar-refractivity contribution in [3.8, 4) is 0 Å². The highest BCUT2D eigenvalue weighted by molar-refractivity contribution is 8.13. The Morgan fingerprint density at radius 1 is 1.38 bits per heavy atom. The Hall–Kier alpha value is -0.850. The molecule has 0 heterocycles. The maximum Gasteiger partial charge on any atom is 0.264 e. The first-order chi connectivity index (χ1) is 9.54. The summed E-state index contributed by atoms with van der Waals surface area (Å²) in [5.74, 6) is -1.17. The highest BCUT2D eigenvalue weighted by Crippen LogP contribution is 2.27. The molecule has 21 heavy (non-hydrogen) atoms. The molecule has 0 aliphatic carbocycles. The zero-order chi connectivity index (χ0) is 16.4. The van der Waals surface area contributed by atoms with E-state index in [-0.39, 0.29) is 10.6 Å². The van der Waals surface area contributed by atoms with Gasteiger partial charge in [0.25, 0.3) is 15.0 Å². The Morgan fingerprint density at radius 3 is 2.43 bits per heavy atom. The van der Waals surface area contributed by atoms with Crippen LogP contribution in [0.25, 0.3) is 0 Å². The number of carbonyl (C=O) groups excluding carboxylic acids is 1. The monoisotopic (exact) mass is 355 g/mol. The van der Waals surface area contributed by atoms with Crippen LogP contribution >= 0.6 is 22.3 Å². The van der Waals surface area contributed by atoms with Crippen molar-refractivity contribution in [3.63, 3.8) is 0 Å². The quantitative estimate of drug-likeness (QED) is 0.759. The molecule has 0 aliphatic heterocycles. The molecule has 8 heteroatoms. The lowest BCUT2D eigenvalue weighted by molar-refractivity contribution is 0.0789. The van der Waals surface area contributed by atoms with E-state index in [9.17, 15) is 17.6 Å². The molecule has 1 amide bonds. The molecule has 1 aromatic carbocycles. The van der Waals surface area contributed by atoms with Gasteiger partial charge in [-0.25, -0.2) is 12.8 Å². The first kappa shape index (κ1) is 18.2. The van der Waals surface area contributed by atoms with Crippen LogP contribution in [0, 0.1) is 11.7 Å². The van der Waals surface area contributed by atoms with Gasteiger partial charge in [0.1, 0.15) is 10.7 Å². The van der Waals surface area contributed by atoms with E-state index in [1.807, 2.05) is 13.8 Å². The molecule has 0 saturated carbocycles. The van der Waals surface area contributed by atoms with Crippen LogP contribution in [0.3, 0.4) is 0 Å². The lowest BCUT2D eigenvalue weighted by Crippen LogP contribution is -2.29. The fourth-order valence-corrected chi connectivity index (χ4v) is 2.78. The van der Waals surface area contributed by atoms with Crippen LogP contribution in [-0.4, -0.2) is 32.8 Å². The number of rotatable bonds is 5. The van der Waals surface area contributed by atoms with E-state index in [1.54, 1.807) is 7.05 Å². The summed E-state index contributed by atoms with van der Waals surface area (Å²) in [6.07, 6.45) is 0.779. The van der Waals surface area contributed by atoms with E-state index in [4.69, 9.17) is 22.3 Å². The molecule has 0 fully saturated rings. The molecule has 1 rings (SSSR count). The van der Waals surface area contributed by atoms with Crippen molar-refractivity contribution in [3.05, 3.63) is 28.5 Å². The van der Waals surface area contributed by atoms with Crippen LogP contribution in [0.1, 0.15) is 30.6 Å². The third kappa shape index (κ3) is 4.83. The Balaban J connectivity index is 3.16. The van der Waals surface area contributed by atoms with Crippen molar-refractivity contribution in [2.45, 2.75) is 25.2 Å². The summed E-state index contributed by atoms with van der Waals surface area (Å²) >= 11 is 5.83. The first-order valence-corrected chi connectivity index (χ1v) is 8.92. The lowest BCUT2D eigenvalue weighted by atomic mass is 10.1. The summed E-state index contributed by atoms with van der Waals surface area (Å²) in [4.78, 5) is 12.9. The first-order valence-electron chi connectivity index (χ1n) is 6.23. The average Bonchev–Trinajstić information content (AvgIpc) is 2.33. The number of hydrogen-bond acceptors (Lipinski definition) is 3. The second-order valence-electron chi connectivity index (χ2n) is 5.11. The molecule has 4 nitrogen and oxygen atoms in total. The average molecular weight is 356 g/mol. The zero-order valence-electron chi connectivity index (χ0n) is 11.9. The summed E-state index contributed by atoms with van der Waals surface area (Å²) in [7, 11) is 2.42. The van der Waals surface area contributed by atoms with Gasteiger partial charge in [0.05, 0.1) is 10.6 Å². The molecule has 0 bridgehead atoms. The normalized spacial score (nSPS) is 11.8. The Kier molecular flexibility index (Phi) is 6.01. The number of halogens is 3. The van der Waals surface area contributed by atoms with Gasteiger partial charge in [-0.2, -0.15) is 0 Å². The highest BCUT2D eigenvalue weighted by Gasteiger charge is 2.23. The van der Waals surface area contributed by atoms with E-state index in [2.05, 4.69) is 0 Å². The van der Waals surface area contributed by atoms with Crippen molar-refractivity contribution >= 4 is 37.2 Å². The van der Waals surface area contributed by atoms with Crippen LogP contribution < -0.4 is 0 Å². The fourth-order valence-electron chi connectivity index (χ4n) is 1.64. The number of nitrogens with zero attached hydrogens (tertiary/aromatic N) is 1. The Morgan fingerprint density at radius 2 is 1.95 bits per heavy atom. The lowest BCUT2D eigenvalue weighted by Gasteiger charge is -2.19. The SMILES string of the molecule is CC(C)CCN(C)C(=O)c1cc(S(=O)(=O)Cl)c(F)cc1Cl. The molecule has 0 aliphatic rings. The molecule has 1 aromatic rings. The Bertz CT molecular complexity index is 647. The number of carbonyl (C=O) groups is 1. The fraction of sp³-hybridized carbons (Fsp3) is 0.462. The van der Waals surface area contributed by atoms with Crippen molar-refractivity contribution < 1.29 is 17.6 Å². The molecule has 118 valence electrons. The summed E-state index contributed by atoms with van der Waals surface area (Å²) in [5, 5.41) is -0.155. The molecule has 0 saturated heterocycles. The van der Waals surface area contributed by atoms with Gasteiger partial charge < -0.3 is 4.90 Å². The zero-order valence-corrected chi connectivity index (χ0v) is 14.2. The van der Waals surface area contributed by atoms with Crippen LogP contribution in [-0.2, 0) is 9.05 Å². The molecule has 0 radical (unpaired) electrons. The summed E-state index contributed by atoms with van der Waals surface area (Å²) in [6, 6.07) is 1.65. The van der Waals surface area contributed by atoms with Gasteiger partial charge in [0.15, 0.2) is 0 Å². The van der Waals surface area contributed by atoms with Crippen molar-refractivity contribution in [1.82, 2.24) is 4.90 Å². The standard InChI is InChI=1S/C13H16Cl2FNO3S/c1-8(2)4-5-17(3)13(18)9-6-12(21(15,19)20)11(16)7-10(9)14/h6-8H,4-5H2,1-3H3. The van der Waals surface area contributed by atoms with Gasteiger partial charge in [0.2, 0.25) is 0 Å². The smallest absolute Gasteiger partial charge is 0.264 e. The van der Waals surface area contributed by atoms with Crippen LogP contribution in [0.15, 0.2) is 17.0 Å². The van der Waals surface area contributed by atoms with E-state index in [0.29, 0.717) is 12.5 Å². The predicted molar refractivity (Wildman–Crippen MR) is 80.9 cm³/mol. The number of benzene rings is 1. The minimum Gasteiger partial charge on any atom is -0.342 e. The minimum absolute atomic E-state index is 0.0939. The number of hydrogen-bond donors (Lipinski definition) is 0. The second kappa shape index (κ2) is 6.94. The molecule has 0 aromatic heterocycles. The van der Waals surface area contributed by atoms with Crippen LogP contribution in [0.2, 0.25) is 5.02 Å². The maximum absolute atomic E-state index is 13.6. The topological polar surface area (TPSA) is 54.5 Å². The van der Waals surface area contributed by atoms with Gasteiger partial charge in [0, 0.05) is 24.3 Å². The highest BCUT2D eigenvalue weighted by atomic mass is 35.7. The third-order valence-electron chi connectivity index (χ3n) is 2.90. The third-order valence-corrected chi connectivity index (χ3v) is 4.55. The summed E-state index contributed by atoms with van der Waals surface area (Å²) < 4.78 is 36.1. The van der Waals surface area contributed by atoms with Crippen LogP contribution in [0.4, 0.5) is 4.39 Å². The van der Waals surface area contributed by atoms with E-state index in [0.717, 1.165) is 18.6 Å². The van der Waals surface area contributed by atoms with E-state index in [1.165, 1.54) is 4.90 Å². The van der Waals surface area contributed by atoms with E-state index < -0.39 is 25.7 Å². The maximum atomic E-state index is 13.6. The van der Waals surface area contributed by atoms with Crippen molar-refractivity contribution in [2.75, 3.05) is 13.6 Å². The molecule has 0 unspecified atom stereocenters. The van der Waals surface area contributed by atoms with Crippen molar-refractivity contribution in [2.24, 2.45) is 5.92 Å². The molecular formula is C13H16Cl2FNO3S. The second-order valence-corrected chi connectivity index (χ2v) is 8.05. The van der Waals surface area contributed by atoms with Gasteiger partial charge in [-0.05, 0) is 24.5 Å². The van der Waals surface area contributed by atoms with E-state index >= 15 is 0 Å². The summed E-state index contributed by atoms with van der Waals surface area (Å²) in [6.45, 7) is 4.51. The van der Waals surface area contributed by atoms with Crippen molar-refractivity contribution in [1.29, 1.82) is 0 Å². The van der Waals surface area contributed by atoms with Crippen LogP contribution in [0.5, 0.6) is 0 Å². The summed E-state index contributed by atoms with van der Waals surface area (Å²) in [5.41, 5.74) is -0.0939. The molecule has 0 spiro atoms. The van der Waals surface area contributed by atoms with Gasteiger partial charge in [-0.15, -0.1) is 0 Å². The molecule has 0 N–H and O–H groups in total. The van der Waals surface area contributed by atoms with Gasteiger partial charge in [-0.1, -0.05) is 25.4 Å². The predicted octanol–water partition coefficient (Wildman–Crippen LogP) is 3.52. The minimum atomic E-state index is -4.29.